The lowest BCUT2D eigenvalue weighted by Crippen LogP contribution is -2.25. The molecule has 3 rings (SSSR count). The van der Waals surface area contributed by atoms with Crippen LogP contribution in [0.3, 0.4) is 0 Å². The third-order valence-electron chi connectivity index (χ3n) is 4.60. The smallest absolute Gasteiger partial charge is 0.335 e. The van der Waals surface area contributed by atoms with Gasteiger partial charge in [0.1, 0.15) is 0 Å². The van der Waals surface area contributed by atoms with E-state index in [1.807, 2.05) is 13.0 Å². The van der Waals surface area contributed by atoms with E-state index in [4.69, 9.17) is 5.11 Å². The lowest BCUT2D eigenvalue weighted by molar-refractivity contribution is 0.0697. The van der Waals surface area contributed by atoms with Gasteiger partial charge in [-0.2, -0.15) is 0 Å². The summed E-state index contributed by atoms with van der Waals surface area (Å²) in [6, 6.07) is 5.28. The van der Waals surface area contributed by atoms with Gasteiger partial charge < -0.3 is 15.1 Å². The fourth-order valence-corrected chi connectivity index (χ4v) is 3.58. The first-order valence-corrected chi connectivity index (χ1v) is 6.83. The summed E-state index contributed by atoms with van der Waals surface area (Å²) in [4.78, 5) is 13.2. The number of anilines is 1. The Bertz CT molecular complexity index is 514. The Morgan fingerprint density at radius 3 is 2.74 bits per heavy atom. The number of aryl methyl sites for hydroxylation is 1. The topological polar surface area (TPSA) is 60.8 Å². The fraction of sp³-hybridized carbons (Fsp3) is 0.533. The van der Waals surface area contributed by atoms with E-state index in [0.717, 1.165) is 37.2 Å². The zero-order valence-corrected chi connectivity index (χ0v) is 11.0. The summed E-state index contributed by atoms with van der Waals surface area (Å²) in [5.74, 6) is 0.0930. The van der Waals surface area contributed by atoms with Crippen LogP contribution in [0.15, 0.2) is 18.2 Å². The molecular weight excluding hydrogens is 242 g/mol. The summed E-state index contributed by atoms with van der Waals surface area (Å²) >= 11 is 0. The summed E-state index contributed by atoms with van der Waals surface area (Å²) in [6.45, 7) is 3.82. The molecule has 1 saturated heterocycles. The summed E-state index contributed by atoms with van der Waals surface area (Å²) in [6.07, 6.45) is 1.88. The molecule has 3 atom stereocenters. The van der Waals surface area contributed by atoms with Crippen LogP contribution in [0.2, 0.25) is 0 Å². The number of rotatable bonds is 2. The van der Waals surface area contributed by atoms with Gasteiger partial charge in [0.05, 0.1) is 11.7 Å². The van der Waals surface area contributed by atoms with Crippen molar-refractivity contribution in [2.24, 2.45) is 11.8 Å². The normalized spacial score (nSPS) is 29.6. The van der Waals surface area contributed by atoms with E-state index < -0.39 is 5.97 Å². The summed E-state index contributed by atoms with van der Waals surface area (Å²) in [7, 11) is 0. The number of benzene rings is 1. The van der Waals surface area contributed by atoms with Crippen molar-refractivity contribution in [2.75, 3.05) is 18.0 Å². The van der Waals surface area contributed by atoms with Crippen molar-refractivity contribution in [1.82, 2.24) is 0 Å². The molecule has 1 aromatic carbocycles. The second kappa shape index (κ2) is 4.53. The van der Waals surface area contributed by atoms with Gasteiger partial charge in [-0.25, -0.2) is 4.79 Å². The van der Waals surface area contributed by atoms with Gasteiger partial charge in [0.25, 0.3) is 0 Å². The lowest BCUT2D eigenvalue weighted by atomic mass is 10.00. The van der Waals surface area contributed by atoms with Crippen LogP contribution < -0.4 is 4.90 Å². The highest BCUT2D eigenvalue weighted by molar-refractivity contribution is 5.88. The summed E-state index contributed by atoms with van der Waals surface area (Å²) in [5, 5.41) is 18.9. The van der Waals surface area contributed by atoms with E-state index in [1.165, 1.54) is 0 Å². The molecule has 4 heteroatoms. The molecule has 2 fully saturated rings. The number of hydrogen-bond acceptors (Lipinski definition) is 3. The van der Waals surface area contributed by atoms with Crippen molar-refractivity contribution in [3.8, 4) is 0 Å². The molecule has 0 amide bonds. The quantitative estimate of drug-likeness (QED) is 0.853. The van der Waals surface area contributed by atoms with Crippen LogP contribution in [0, 0.1) is 18.8 Å². The van der Waals surface area contributed by atoms with E-state index in [1.54, 1.807) is 12.1 Å². The van der Waals surface area contributed by atoms with Gasteiger partial charge in [0.2, 0.25) is 0 Å². The van der Waals surface area contributed by atoms with E-state index >= 15 is 0 Å². The molecule has 2 aliphatic rings. The molecule has 1 aliphatic carbocycles. The van der Waals surface area contributed by atoms with Crippen molar-refractivity contribution in [2.45, 2.75) is 25.9 Å². The fourth-order valence-electron chi connectivity index (χ4n) is 3.58. The van der Waals surface area contributed by atoms with Crippen molar-refractivity contribution in [1.29, 1.82) is 0 Å². The molecule has 1 aromatic rings. The standard InChI is InChI=1S/C15H19NO3/c1-9-6-10(15(18)19)2-4-13(9)16-7-11-3-5-14(17)12(11)8-16/h2,4,6,11-12,14,17H,3,5,7-8H2,1H3,(H,18,19). The van der Waals surface area contributed by atoms with Crippen molar-refractivity contribution in [3.05, 3.63) is 29.3 Å². The highest BCUT2D eigenvalue weighted by atomic mass is 16.4. The molecule has 0 spiro atoms. The lowest BCUT2D eigenvalue weighted by Gasteiger charge is -2.22. The van der Waals surface area contributed by atoms with Crippen LogP contribution in [-0.2, 0) is 0 Å². The van der Waals surface area contributed by atoms with Crippen LogP contribution in [0.1, 0.15) is 28.8 Å². The minimum absolute atomic E-state index is 0.159. The average Bonchev–Trinajstić information content (AvgIpc) is 2.92. The van der Waals surface area contributed by atoms with Gasteiger partial charge in [0.15, 0.2) is 0 Å². The largest absolute Gasteiger partial charge is 0.478 e. The molecule has 0 aromatic heterocycles. The number of carboxylic acid groups (broad SMARTS) is 1. The van der Waals surface area contributed by atoms with E-state index in [9.17, 15) is 9.90 Å². The number of aliphatic hydroxyl groups excluding tert-OH is 1. The minimum Gasteiger partial charge on any atom is -0.478 e. The molecule has 2 N–H and O–H groups in total. The van der Waals surface area contributed by atoms with Crippen molar-refractivity contribution < 1.29 is 15.0 Å². The molecule has 0 bridgehead atoms. The number of nitrogens with zero attached hydrogens (tertiary/aromatic N) is 1. The molecule has 102 valence electrons. The number of aromatic carboxylic acids is 1. The molecule has 1 aliphatic heterocycles. The first kappa shape index (κ1) is 12.5. The van der Waals surface area contributed by atoms with Crippen LogP contribution in [0.4, 0.5) is 5.69 Å². The zero-order chi connectivity index (χ0) is 13.6. The second-order valence-corrected chi connectivity index (χ2v) is 5.78. The van der Waals surface area contributed by atoms with Gasteiger partial charge in [-0.3, -0.25) is 0 Å². The molecule has 1 saturated carbocycles. The van der Waals surface area contributed by atoms with Gasteiger partial charge in [-0.05, 0) is 49.4 Å². The monoisotopic (exact) mass is 261 g/mol. The number of aliphatic hydroxyl groups is 1. The number of hydrogen-bond donors (Lipinski definition) is 2. The maximum absolute atomic E-state index is 10.9. The summed E-state index contributed by atoms with van der Waals surface area (Å²) in [5.41, 5.74) is 2.43. The number of carboxylic acids is 1. The highest BCUT2D eigenvalue weighted by Gasteiger charge is 2.42. The second-order valence-electron chi connectivity index (χ2n) is 5.78. The number of fused-ring (bicyclic) bond motifs is 1. The Balaban J connectivity index is 1.82. The van der Waals surface area contributed by atoms with E-state index in [2.05, 4.69) is 4.90 Å². The van der Waals surface area contributed by atoms with Gasteiger partial charge in [-0.15, -0.1) is 0 Å². The van der Waals surface area contributed by atoms with E-state index in [0.29, 0.717) is 17.4 Å². The van der Waals surface area contributed by atoms with Gasteiger partial charge in [0, 0.05) is 24.7 Å². The van der Waals surface area contributed by atoms with E-state index in [-0.39, 0.29) is 6.10 Å². The Morgan fingerprint density at radius 2 is 2.11 bits per heavy atom. The SMILES string of the molecule is Cc1cc(C(=O)O)ccc1N1CC2CCC(O)C2C1. The predicted molar refractivity (Wildman–Crippen MR) is 72.6 cm³/mol. The third kappa shape index (κ3) is 2.10. The first-order valence-electron chi connectivity index (χ1n) is 6.83. The van der Waals surface area contributed by atoms with Crippen molar-refractivity contribution in [3.63, 3.8) is 0 Å². The average molecular weight is 261 g/mol. The van der Waals surface area contributed by atoms with Gasteiger partial charge in [-0.1, -0.05) is 0 Å². The molecule has 1 heterocycles. The Hall–Kier alpha value is -1.55. The molecule has 3 unspecified atom stereocenters. The molecule has 0 radical (unpaired) electrons. The maximum Gasteiger partial charge on any atom is 0.335 e. The highest BCUT2D eigenvalue weighted by Crippen LogP contribution is 2.40. The van der Waals surface area contributed by atoms with Crippen LogP contribution in [0.25, 0.3) is 0 Å². The molecule has 4 nitrogen and oxygen atoms in total. The zero-order valence-electron chi connectivity index (χ0n) is 11.0. The maximum atomic E-state index is 10.9. The van der Waals surface area contributed by atoms with Crippen LogP contribution in [-0.4, -0.2) is 35.4 Å². The Kier molecular flexibility index (Phi) is 2.97. The van der Waals surface area contributed by atoms with Crippen molar-refractivity contribution >= 4 is 11.7 Å². The molecular formula is C15H19NO3. The third-order valence-corrected chi connectivity index (χ3v) is 4.60. The first-order chi connectivity index (χ1) is 9.06. The van der Waals surface area contributed by atoms with Crippen LogP contribution >= 0.6 is 0 Å². The Morgan fingerprint density at radius 1 is 1.32 bits per heavy atom. The molecule has 19 heavy (non-hydrogen) atoms. The summed E-state index contributed by atoms with van der Waals surface area (Å²) < 4.78 is 0. The number of carbonyl (C=O) groups is 1. The minimum atomic E-state index is -0.886. The van der Waals surface area contributed by atoms with Gasteiger partial charge >= 0.3 is 5.97 Å². The van der Waals surface area contributed by atoms with Crippen LogP contribution in [0.5, 0.6) is 0 Å². The Labute approximate surface area is 112 Å². The predicted octanol–water partition coefficient (Wildman–Crippen LogP) is 1.90.